The molecule has 0 aromatic heterocycles. The average molecular weight is 312 g/mol. The number of Topliss-reactive ketones (excluding diaryl/α,β-unsaturated/α-hetero) is 1. The fraction of sp³-hybridized carbons (Fsp3) is 0.471. The van der Waals surface area contributed by atoms with Crippen LogP contribution >= 0.6 is 0 Å². The number of nitriles is 2. The topological polar surface area (TPSA) is 83.1 Å². The molecule has 2 heterocycles. The summed E-state index contributed by atoms with van der Waals surface area (Å²) in [5.41, 5.74) is -2.07. The van der Waals surface area contributed by atoms with Crippen LogP contribution in [0.2, 0.25) is 0 Å². The Balaban J connectivity index is 1.75. The van der Waals surface area contributed by atoms with Crippen LogP contribution in [0.25, 0.3) is 0 Å². The lowest BCUT2D eigenvalue weighted by Crippen LogP contribution is -2.35. The zero-order valence-electron chi connectivity index (χ0n) is 12.2. The molecular weight excluding hydrogens is 299 g/mol. The summed E-state index contributed by atoms with van der Waals surface area (Å²) in [4.78, 5) is 12.9. The summed E-state index contributed by atoms with van der Waals surface area (Å²) >= 11 is 0. The first kappa shape index (κ1) is 14.3. The first-order valence-corrected chi connectivity index (χ1v) is 7.48. The molecule has 5 nitrogen and oxygen atoms in total. The third-order valence-corrected chi connectivity index (χ3v) is 5.39. The number of hydrogen-bond donors (Lipinski definition) is 0. The molecule has 1 unspecified atom stereocenters. The normalized spacial score (nSPS) is 36.2. The molecule has 23 heavy (non-hydrogen) atoms. The standard InChI is InChI=1S/C17H13FN2O3/c18-11-3-1-10(2-4-11)13(21)14-16(8-19,9-20)17(14)6-5-12-7-22-15(17)23-12/h1-4,12,14-15H,5-7H2/t12-,14-,15+,17?/m0/s1. The van der Waals surface area contributed by atoms with Crippen LogP contribution in [0.3, 0.4) is 0 Å². The Morgan fingerprint density at radius 1 is 1.26 bits per heavy atom. The van der Waals surface area contributed by atoms with Gasteiger partial charge in [0, 0.05) is 5.56 Å². The van der Waals surface area contributed by atoms with E-state index in [9.17, 15) is 19.7 Å². The van der Waals surface area contributed by atoms with Crippen molar-refractivity contribution in [2.24, 2.45) is 16.7 Å². The van der Waals surface area contributed by atoms with Crippen LogP contribution in [-0.4, -0.2) is 24.8 Å². The minimum Gasteiger partial charge on any atom is -0.349 e. The van der Waals surface area contributed by atoms with Gasteiger partial charge < -0.3 is 9.47 Å². The van der Waals surface area contributed by atoms with Crippen LogP contribution in [0.5, 0.6) is 0 Å². The van der Waals surface area contributed by atoms with Crippen LogP contribution in [0, 0.1) is 45.2 Å². The van der Waals surface area contributed by atoms with Crippen molar-refractivity contribution < 1.29 is 18.7 Å². The van der Waals surface area contributed by atoms with Crippen molar-refractivity contribution in [1.29, 1.82) is 10.5 Å². The number of halogens is 1. The van der Waals surface area contributed by atoms with E-state index in [1.807, 2.05) is 12.1 Å². The van der Waals surface area contributed by atoms with E-state index in [2.05, 4.69) is 0 Å². The summed E-state index contributed by atoms with van der Waals surface area (Å²) in [7, 11) is 0. The van der Waals surface area contributed by atoms with Crippen molar-refractivity contribution in [2.45, 2.75) is 25.2 Å². The maximum absolute atomic E-state index is 13.1. The van der Waals surface area contributed by atoms with Crippen molar-refractivity contribution in [3.8, 4) is 12.1 Å². The predicted octanol–water partition coefficient (Wildman–Crippen LogP) is 2.19. The summed E-state index contributed by atoms with van der Waals surface area (Å²) in [5, 5.41) is 19.2. The number of ether oxygens (including phenoxy) is 2. The molecule has 2 saturated heterocycles. The van der Waals surface area contributed by atoms with Crippen LogP contribution in [0.1, 0.15) is 23.2 Å². The van der Waals surface area contributed by atoms with Crippen molar-refractivity contribution in [1.82, 2.24) is 0 Å². The molecular formula is C17H13FN2O3. The maximum Gasteiger partial charge on any atom is 0.169 e. The second-order valence-electron chi connectivity index (χ2n) is 6.34. The van der Waals surface area contributed by atoms with Crippen LogP contribution < -0.4 is 0 Å². The fourth-order valence-electron chi connectivity index (χ4n) is 4.18. The highest BCUT2D eigenvalue weighted by molar-refractivity contribution is 6.02. The Morgan fingerprint density at radius 2 is 1.96 bits per heavy atom. The van der Waals surface area contributed by atoms with Gasteiger partial charge >= 0.3 is 0 Å². The second kappa shape index (κ2) is 4.61. The molecule has 0 N–H and O–H groups in total. The molecule has 2 aliphatic heterocycles. The highest BCUT2D eigenvalue weighted by atomic mass is 19.1. The summed E-state index contributed by atoms with van der Waals surface area (Å²) in [5.74, 6) is -1.58. The third kappa shape index (κ3) is 1.63. The van der Waals surface area contributed by atoms with Crippen molar-refractivity contribution in [3.63, 3.8) is 0 Å². The predicted molar refractivity (Wildman–Crippen MR) is 74.2 cm³/mol. The molecule has 1 aromatic rings. The van der Waals surface area contributed by atoms with Crippen molar-refractivity contribution in [2.75, 3.05) is 6.61 Å². The average Bonchev–Trinajstić information content (AvgIpc) is 2.94. The van der Waals surface area contributed by atoms with Crippen LogP contribution in [0.15, 0.2) is 24.3 Å². The smallest absolute Gasteiger partial charge is 0.169 e. The van der Waals surface area contributed by atoms with Gasteiger partial charge in [-0.2, -0.15) is 10.5 Å². The first-order chi connectivity index (χ1) is 11.1. The lowest BCUT2D eigenvalue weighted by molar-refractivity contribution is -0.140. The summed E-state index contributed by atoms with van der Waals surface area (Å²) in [6.07, 6.45) is 0.480. The monoisotopic (exact) mass is 312 g/mol. The van der Waals surface area contributed by atoms with E-state index in [1.165, 1.54) is 24.3 Å². The molecule has 3 aliphatic rings. The number of nitrogens with zero attached hydrogens (tertiary/aromatic N) is 2. The number of rotatable bonds is 2. The Bertz CT molecular complexity index is 750. The van der Waals surface area contributed by atoms with Gasteiger partial charge in [0.1, 0.15) is 5.82 Å². The van der Waals surface area contributed by atoms with Gasteiger partial charge in [0.05, 0.1) is 36.2 Å². The second-order valence-corrected chi connectivity index (χ2v) is 6.34. The van der Waals surface area contributed by atoms with E-state index in [0.29, 0.717) is 25.0 Å². The molecule has 0 radical (unpaired) electrons. The molecule has 2 bridgehead atoms. The molecule has 4 rings (SSSR count). The minimum absolute atomic E-state index is 0.0251. The first-order valence-electron chi connectivity index (χ1n) is 7.48. The van der Waals surface area contributed by atoms with Gasteiger partial charge in [-0.1, -0.05) is 0 Å². The molecule has 4 atom stereocenters. The molecule has 6 heteroatoms. The lowest BCUT2D eigenvalue weighted by atomic mass is 9.86. The Kier molecular flexibility index (Phi) is 2.87. The van der Waals surface area contributed by atoms with Crippen LogP contribution in [-0.2, 0) is 9.47 Å². The Hall–Kier alpha value is -2.28. The van der Waals surface area contributed by atoms with E-state index in [4.69, 9.17) is 9.47 Å². The van der Waals surface area contributed by atoms with Gasteiger partial charge in [-0.25, -0.2) is 4.39 Å². The van der Waals surface area contributed by atoms with Gasteiger partial charge in [0.2, 0.25) is 0 Å². The zero-order chi connectivity index (χ0) is 16.2. The number of benzene rings is 1. The summed E-state index contributed by atoms with van der Waals surface area (Å²) < 4.78 is 24.4. The number of fused-ring (bicyclic) bond motifs is 3. The molecule has 1 saturated carbocycles. The third-order valence-electron chi connectivity index (χ3n) is 5.39. The minimum atomic E-state index is -1.45. The number of ketones is 1. The Labute approximate surface area is 132 Å². The number of hydrogen-bond acceptors (Lipinski definition) is 5. The fourth-order valence-corrected chi connectivity index (χ4v) is 4.18. The summed E-state index contributed by atoms with van der Waals surface area (Å²) in [6, 6.07) is 9.24. The number of carbonyl (C=O) groups excluding carboxylic acids is 1. The van der Waals surface area contributed by atoms with E-state index in [0.717, 1.165) is 0 Å². The van der Waals surface area contributed by atoms with Gasteiger partial charge in [0.25, 0.3) is 0 Å². The van der Waals surface area contributed by atoms with E-state index >= 15 is 0 Å². The van der Waals surface area contributed by atoms with Crippen molar-refractivity contribution in [3.05, 3.63) is 35.6 Å². The molecule has 1 spiro atoms. The van der Waals surface area contributed by atoms with E-state index in [-0.39, 0.29) is 11.9 Å². The highest BCUT2D eigenvalue weighted by Gasteiger charge is 2.86. The SMILES string of the molecule is N#CC1(C#N)[C@H](C(=O)c2ccc(F)cc2)C12CC[C@H]1CO[C@@H]2O1. The van der Waals surface area contributed by atoms with Gasteiger partial charge in [-0.3, -0.25) is 4.79 Å². The lowest BCUT2D eigenvalue weighted by Gasteiger charge is -2.29. The quantitative estimate of drug-likeness (QED) is 0.782. The van der Waals surface area contributed by atoms with Gasteiger partial charge in [0.15, 0.2) is 17.5 Å². The summed E-state index contributed by atoms with van der Waals surface area (Å²) in [6.45, 7) is 0.427. The van der Waals surface area contributed by atoms with E-state index in [1.54, 1.807) is 0 Å². The molecule has 1 aromatic carbocycles. The molecule has 116 valence electrons. The van der Waals surface area contributed by atoms with E-state index < -0.39 is 28.9 Å². The molecule has 1 aliphatic carbocycles. The number of carbonyl (C=O) groups is 1. The van der Waals surface area contributed by atoms with Crippen molar-refractivity contribution >= 4 is 5.78 Å². The highest BCUT2D eigenvalue weighted by Crippen LogP contribution is 2.76. The molecule has 0 amide bonds. The van der Waals surface area contributed by atoms with Gasteiger partial charge in [-0.05, 0) is 37.1 Å². The zero-order valence-corrected chi connectivity index (χ0v) is 12.2. The maximum atomic E-state index is 13.1. The van der Waals surface area contributed by atoms with Gasteiger partial charge in [-0.15, -0.1) is 0 Å². The Morgan fingerprint density at radius 3 is 2.61 bits per heavy atom. The van der Waals surface area contributed by atoms with Crippen LogP contribution in [0.4, 0.5) is 4.39 Å². The molecule has 3 fully saturated rings. The largest absolute Gasteiger partial charge is 0.349 e.